The molecule has 2 aliphatic heterocycles. The van der Waals surface area contributed by atoms with Crippen LogP contribution >= 0.6 is 0 Å². The van der Waals surface area contributed by atoms with Gasteiger partial charge in [-0.15, -0.1) is 0 Å². The first kappa shape index (κ1) is 11.4. The van der Waals surface area contributed by atoms with Crippen molar-refractivity contribution < 1.29 is 4.92 Å². The third-order valence-corrected chi connectivity index (χ3v) is 4.24. The zero-order valence-electron chi connectivity index (χ0n) is 10.3. The first-order valence-electron chi connectivity index (χ1n) is 6.15. The van der Waals surface area contributed by atoms with Crippen LogP contribution in [0.15, 0.2) is 18.3 Å². The summed E-state index contributed by atoms with van der Waals surface area (Å²) in [6, 6.07) is 3.15. The number of hydrogen-bond donors (Lipinski definition) is 1. The molecule has 2 bridgehead atoms. The van der Waals surface area contributed by atoms with Crippen LogP contribution in [0.5, 0.6) is 0 Å². The van der Waals surface area contributed by atoms with Gasteiger partial charge in [-0.05, 0) is 31.9 Å². The summed E-state index contributed by atoms with van der Waals surface area (Å²) < 4.78 is 0. The van der Waals surface area contributed by atoms with Gasteiger partial charge >= 0.3 is 0 Å². The number of aromatic nitrogens is 1. The van der Waals surface area contributed by atoms with Gasteiger partial charge in [0.1, 0.15) is 12.0 Å². The lowest BCUT2D eigenvalue weighted by molar-refractivity contribution is -0.385. The largest absolute Gasteiger partial charge is 0.368 e. The second-order valence-electron chi connectivity index (χ2n) is 5.39. The number of fused-ring (bicyclic) bond motifs is 1. The zero-order chi connectivity index (χ0) is 12.8. The molecule has 1 aromatic heterocycles. The molecule has 4 rings (SSSR count). The van der Waals surface area contributed by atoms with Gasteiger partial charge in [-0.1, -0.05) is 0 Å². The summed E-state index contributed by atoms with van der Waals surface area (Å²) in [5.41, 5.74) is 0.314. The SMILES string of the molecule is CN1CC2CC1(CNc1ccc([N+](=O)[O-])cn1)C2. The van der Waals surface area contributed by atoms with Crippen LogP contribution in [-0.4, -0.2) is 40.5 Å². The van der Waals surface area contributed by atoms with Gasteiger partial charge in [0.25, 0.3) is 5.69 Å². The van der Waals surface area contributed by atoms with Crippen molar-refractivity contribution >= 4 is 11.5 Å². The van der Waals surface area contributed by atoms with E-state index in [1.165, 1.54) is 31.6 Å². The third kappa shape index (κ3) is 1.73. The van der Waals surface area contributed by atoms with E-state index < -0.39 is 4.92 Å². The Morgan fingerprint density at radius 3 is 2.89 bits per heavy atom. The van der Waals surface area contributed by atoms with E-state index in [1.54, 1.807) is 6.07 Å². The Morgan fingerprint density at radius 2 is 2.39 bits per heavy atom. The highest BCUT2D eigenvalue weighted by molar-refractivity contribution is 5.41. The average Bonchev–Trinajstić information content (AvgIpc) is 2.78. The molecule has 1 aromatic rings. The van der Waals surface area contributed by atoms with E-state index >= 15 is 0 Å². The molecule has 0 atom stereocenters. The van der Waals surface area contributed by atoms with Crippen LogP contribution in [-0.2, 0) is 0 Å². The van der Waals surface area contributed by atoms with Gasteiger partial charge in [0, 0.05) is 24.7 Å². The van der Waals surface area contributed by atoms with E-state index in [4.69, 9.17) is 0 Å². The number of anilines is 1. The number of likely N-dealkylation sites (N-methyl/N-ethyl adjacent to an activating group) is 1. The molecule has 18 heavy (non-hydrogen) atoms. The minimum absolute atomic E-state index is 0.0282. The van der Waals surface area contributed by atoms with Gasteiger partial charge in [0.05, 0.1) is 4.92 Å². The van der Waals surface area contributed by atoms with Gasteiger partial charge in [0.15, 0.2) is 0 Å². The van der Waals surface area contributed by atoms with E-state index in [0.29, 0.717) is 5.82 Å². The highest BCUT2D eigenvalue weighted by Gasteiger charge is 2.53. The molecule has 1 saturated carbocycles. The summed E-state index contributed by atoms with van der Waals surface area (Å²) in [6.07, 6.45) is 3.80. The molecule has 0 radical (unpaired) electrons. The predicted molar refractivity (Wildman–Crippen MR) is 67.5 cm³/mol. The molecule has 0 amide bonds. The zero-order valence-corrected chi connectivity index (χ0v) is 10.3. The Hall–Kier alpha value is -1.69. The molecule has 6 heteroatoms. The molecule has 6 nitrogen and oxygen atoms in total. The van der Waals surface area contributed by atoms with Crippen LogP contribution in [0, 0.1) is 16.0 Å². The van der Waals surface area contributed by atoms with Gasteiger partial charge in [-0.25, -0.2) is 4.98 Å². The third-order valence-electron chi connectivity index (χ3n) is 4.24. The number of nitrogens with zero attached hydrogens (tertiary/aromatic N) is 3. The van der Waals surface area contributed by atoms with Crippen LogP contribution < -0.4 is 5.32 Å². The summed E-state index contributed by atoms with van der Waals surface area (Å²) in [7, 11) is 2.16. The second kappa shape index (κ2) is 3.91. The lowest BCUT2D eigenvalue weighted by Gasteiger charge is -2.41. The smallest absolute Gasteiger partial charge is 0.287 e. The van der Waals surface area contributed by atoms with Crippen molar-refractivity contribution in [1.82, 2.24) is 9.88 Å². The van der Waals surface area contributed by atoms with Gasteiger partial charge in [-0.2, -0.15) is 0 Å². The van der Waals surface area contributed by atoms with Crippen molar-refractivity contribution in [3.05, 3.63) is 28.4 Å². The van der Waals surface area contributed by atoms with E-state index in [-0.39, 0.29) is 11.2 Å². The van der Waals surface area contributed by atoms with Gasteiger partial charge < -0.3 is 5.32 Å². The first-order valence-corrected chi connectivity index (χ1v) is 6.15. The molecule has 2 saturated heterocycles. The van der Waals surface area contributed by atoms with E-state index in [0.717, 1.165) is 12.5 Å². The summed E-state index contributed by atoms with van der Waals surface area (Å²) in [4.78, 5) is 16.6. The summed E-state index contributed by atoms with van der Waals surface area (Å²) in [5, 5.41) is 13.8. The Bertz CT molecular complexity index is 467. The van der Waals surface area contributed by atoms with Crippen molar-refractivity contribution in [2.75, 3.05) is 25.5 Å². The number of nitrogens with one attached hydrogen (secondary N) is 1. The molecule has 3 fully saturated rings. The quantitative estimate of drug-likeness (QED) is 0.645. The Morgan fingerprint density at radius 1 is 1.61 bits per heavy atom. The Kier molecular flexibility index (Phi) is 2.48. The molecular formula is C12H16N4O2. The fourth-order valence-corrected chi connectivity index (χ4v) is 3.17. The van der Waals surface area contributed by atoms with Crippen LogP contribution in [0.2, 0.25) is 0 Å². The molecule has 0 aromatic carbocycles. The summed E-state index contributed by atoms with van der Waals surface area (Å²) in [5.74, 6) is 1.57. The van der Waals surface area contributed by atoms with E-state index in [9.17, 15) is 10.1 Å². The van der Waals surface area contributed by atoms with Gasteiger partial charge in [0.2, 0.25) is 0 Å². The van der Waals surface area contributed by atoms with E-state index in [2.05, 4.69) is 22.2 Å². The molecule has 0 unspecified atom stereocenters. The number of nitro groups is 1. The van der Waals surface area contributed by atoms with Crippen LogP contribution in [0.4, 0.5) is 11.5 Å². The molecule has 96 valence electrons. The Balaban J connectivity index is 1.62. The van der Waals surface area contributed by atoms with Crippen LogP contribution in [0.3, 0.4) is 0 Å². The predicted octanol–water partition coefficient (Wildman–Crippen LogP) is 1.50. The lowest BCUT2D eigenvalue weighted by Crippen LogP contribution is -2.49. The monoisotopic (exact) mass is 248 g/mol. The minimum atomic E-state index is -0.434. The maximum absolute atomic E-state index is 10.5. The molecule has 0 spiro atoms. The lowest BCUT2D eigenvalue weighted by atomic mass is 9.73. The van der Waals surface area contributed by atoms with Crippen molar-refractivity contribution in [3.63, 3.8) is 0 Å². The van der Waals surface area contributed by atoms with Gasteiger partial charge in [-0.3, -0.25) is 15.0 Å². The fraction of sp³-hybridized carbons (Fsp3) is 0.583. The molecule has 1 N–H and O–H groups in total. The molecule has 3 heterocycles. The van der Waals surface area contributed by atoms with Crippen molar-refractivity contribution in [2.45, 2.75) is 18.4 Å². The topological polar surface area (TPSA) is 71.3 Å². The van der Waals surface area contributed by atoms with Crippen molar-refractivity contribution in [3.8, 4) is 0 Å². The molecule has 3 aliphatic rings. The second-order valence-corrected chi connectivity index (χ2v) is 5.39. The number of hydrogen-bond acceptors (Lipinski definition) is 5. The highest BCUT2D eigenvalue weighted by Crippen LogP contribution is 2.49. The fourth-order valence-electron chi connectivity index (χ4n) is 3.17. The highest BCUT2D eigenvalue weighted by atomic mass is 16.6. The van der Waals surface area contributed by atoms with Crippen LogP contribution in [0.1, 0.15) is 12.8 Å². The maximum Gasteiger partial charge on any atom is 0.287 e. The number of pyridine rings is 1. The molecular weight excluding hydrogens is 232 g/mol. The maximum atomic E-state index is 10.5. The van der Waals surface area contributed by atoms with Crippen LogP contribution in [0.25, 0.3) is 0 Å². The van der Waals surface area contributed by atoms with Crippen molar-refractivity contribution in [1.29, 1.82) is 0 Å². The standard InChI is InChI=1S/C12H16N4O2/c1-15-7-9-4-12(15,5-9)8-14-11-3-2-10(6-13-11)16(17)18/h2-3,6,9H,4-5,7-8H2,1H3,(H,13,14). The van der Waals surface area contributed by atoms with Crippen molar-refractivity contribution in [2.24, 2.45) is 5.92 Å². The first-order chi connectivity index (χ1) is 8.59. The normalized spacial score (nSPS) is 29.9. The molecule has 1 aliphatic carbocycles. The minimum Gasteiger partial charge on any atom is -0.368 e. The summed E-state index contributed by atoms with van der Waals surface area (Å²) in [6.45, 7) is 2.06. The Labute approximate surface area is 105 Å². The summed E-state index contributed by atoms with van der Waals surface area (Å²) >= 11 is 0. The van der Waals surface area contributed by atoms with E-state index in [1.807, 2.05) is 0 Å². The average molecular weight is 248 g/mol. The number of rotatable bonds is 4.